The molecular weight excluding hydrogens is 350 g/mol. The van der Waals surface area contributed by atoms with Crippen LogP contribution in [0.25, 0.3) is 26.8 Å². The van der Waals surface area contributed by atoms with Crippen molar-refractivity contribution >= 4 is 27.6 Å². The van der Waals surface area contributed by atoms with Crippen molar-refractivity contribution in [1.29, 1.82) is 5.26 Å². The largest absolute Gasteiger partial charge is 0.496 e. The Bertz CT molecular complexity index is 1080. The Morgan fingerprint density at radius 1 is 1.28 bits per heavy atom. The van der Waals surface area contributed by atoms with Crippen LogP contribution in [0.5, 0.6) is 5.75 Å². The van der Waals surface area contributed by atoms with Gasteiger partial charge in [-0.05, 0) is 42.1 Å². The summed E-state index contributed by atoms with van der Waals surface area (Å²) in [6.45, 7) is 2.02. The highest BCUT2D eigenvalue weighted by Gasteiger charge is 2.19. The van der Waals surface area contributed by atoms with Crippen LogP contribution in [-0.4, -0.2) is 16.5 Å². The molecule has 3 heterocycles. The fourth-order valence-corrected chi connectivity index (χ4v) is 4.72. The van der Waals surface area contributed by atoms with E-state index in [9.17, 15) is 5.26 Å². The van der Waals surface area contributed by atoms with Gasteiger partial charge in [-0.3, -0.25) is 4.40 Å². The van der Waals surface area contributed by atoms with Crippen LogP contribution in [-0.2, 0) is 6.42 Å². The number of thiazole rings is 1. The average Bonchev–Trinajstić information content (AvgIpc) is 3.32. The van der Waals surface area contributed by atoms with E-state index in [2.05, 4.69) is 33.4 Å². The van der Waals surface area contributed by atoms with Gasteiger partial charge in [0.15, 0.2) is 4.96 Å². The molecule has 4 rings (SSSR count). The van der Waals surface area contributed by atoms with Crippen molar-refractivity contribution in [3.63, 3.8) is 0 Å². The molecule has 3 aromatic heterocycles. The van der Waals surface area contributed by atoms with Crippen LogP contribution in [0.2, 0.25) is 0 Å². The number of nitrogens with zero attached hydrogens (tertiary/aromatic N) is 3. The van der Waals surface area contributed by atoms with Gasteiger partial charge >= 0.3 is 0 Å². The third-order valence-corrected chi connectivity index (χ3v) is 5.87. The molecule has 124 valence electrons. The Kier molecular flexibility index (Phi) is 4.04. The molecule has 0 atom stereocenters. The first-order valence-corrected chi connectivity index (χ1v) is 9.53. The first kappa shape index (κ1) is 15.9. The van der Waals surface area contributed by atoms with E-state index < -0.39 is 0 Å². The number of methoxy groups -OCH3 is 1. The summed E-state index contributed by atoms with van der Waals surface area (Å²) >= 11 is 3.30. The molecule has 4 nitrogen and oxygen atoms in total. The zero-order valence-electron chi connectivity index (χ0n) is 13.8. The average molecular weight is 365 g/mol. The number of rotatable bonds is 4. The molecule has 0 saturated heterocycles. The van der Waals surface area contributed by atoms with Gasteiger partial charge < -0.3 is 4.74 Å². The van der Waals surface area contributed by atoms with Gasteiger partial charge in [-0.1, -0.05) is 6.07 Å². The third-order valence-electron chi connectivity index (χ3n) is 4.15. The lowest BCUT2D eigenvalue weighted by Gasteiger charge is -2.07. The minimum absolute atomic E-state index is 0.316. The summed E-state index contributed by atoms with van der Waals surface area (Å²) in [6.07, 6.45) is 0.316. The van der Waals surface area contributed by atoms with Crippen molar-refractivity contribution in [2.24, 2.45) is 0 Å². The topological polar surface area (TPSA) is 50.3 Å². The Balaban J connectivity index is 1.94. The molecule has 1 aromatic carbocycles. The lowest BCUT2D eigenvalue weighted by molar-refractivity contribution is 0.412. The minimum atomic E-state index is 0.316. The van der Waals surface area contributed by atoms with Gasteiger partial charge in [0.05, 0.1) is 41.6 Å². The number of imidazole rings is 1. The van der Waals surface area contributed by atoms with E-state index in [1.165, 1.54) is 4.88 Å². The standard InChI is InChI=1S/C19H15N3OS2/c1-12-10-13(5-6-16(12)23-2)18-14(7-8-20)22-15(11-25-19(22)21-18)17-4-3-9-24-17/h3-6,9-11H,7H2,1-2H3. The first-order valence-electron chi connectivity index (χ1n) is 7.77. The first-order chi connectivity index (χ1) is 12.2. The summed E-state index contributed by atoms with van der Waals surface area (Å²) in [7, 11) is 1.67. The summed E-state index contributed by atoms with van der Waals surface area (Å²) in [6, 6.07) is 12.5. The molecule has 25 heavy (non-hydrogen) atoms. The fourth-order valence-electron chi connectivity index (χ4n) is 3.01. The van der Waals surface area contributed by atoms with Crippen LogP contribution in [0.1, 0.15) is 11.3 Å². The summed E-state index contributed by atoms with van der Waals surface area (Å²) in [5.41, 5.74) is 4.97. The number of nitriles is 1. The smallest absolute Gasteiger partial charge is 0.195 e. The highest BCUT2D eigenvalue weighted by atomic mass is 32.1. The third kappa shape index (κ3) is 2.62. The highest BCUT2D eigenvalue weighted by molar-refractivity contribution is 7.17. The molecule has 0 unspecified atom stereocenters. The number of hydrogen-bond acceptors (Lipinski definition) is 5. The second kappa shape index (κ2) is 6.36. The lowest BCUT2D eigenvalue weighted by Crippen LogP contribution is -1.95. The Labute approximate surface area is 153 Å². The molecule has 0 aliphatic carbocycles. The zero-order chi connectivity index (χ0) is 17.4. The van der Waals surface area contributed by atoms with Gasteiger partial charge in [0, 0.05) is 10.9 Å². The predicted molar refractivity (Wildman–Crippen MR) is 102 cm³/mol. The Hall–Kier alpha value is -2.62. The Morgan fingerprint density at radius 3 is 2.84 bits per heavy atom. The zero-order valence-corrected chi connectivity index (χ0v) is 15.4. The summed E-state index contributed by atoms with van der Waals surface area (Å²) in [5, 5.41) is 13.5. The molecule has 0 aliphatic heterocycles. The molecule has 0 radical (unpaired) electrons. The number of ether oxygens (including phenoxy) is 1. The summed E-state index contributed by atoms with van der Waals surface area (Å²) < 4.78 is 7.47. The molecule has 0 aliphatic rings. The van der Waals surface area contributed by atoms with E-state index in [0.29, 0.717) is 6.42 Å². The Morgan fingerprint density at radius 2 is 2.16 bits per heavy atom. The van der Waals surface area contributed by atoms with Crippen molar-refractivity contribution in [2.75, 3.05) is 7.11 Å². The molecule has 0 spiro atoms. The van der Waals surface area contributed by atoms with Crippen molar-refractivity contribution in [1.82, 2.24) is 9.38 Å². The van der Waals surface area contributed by atoms with Gasteiger partial charge in [-0.15, -0.1) is 22.7 Å². The minimum Gasteiger partial charge on any atom is -0.496 e. The van der Waals surface area contributed by atoms with Crippen LogP contribution in [0.3, 0.4) is 0 Å². The van der Waals surface area contributed by atoms with E-state index in [1.807, 2.05) is 25.1 Å². The molecule has 0 amide bonds. The fraction of sp³-hybridized carbons (Fsp3) is 0.158. The molecule has 6 heteroatoms. The molecule has 0 fully saturated rings. The summed E-state index contributed by atoms with van der Waals surface area (Å²) in [5.74, 6) is 0.853. The van der Waals surface area contributed by atoms with E-state index in [0.717, 1.165) is 38.9 Å². The number of hydrogen-bond donors (Lipinski definition) is 0. The number of benzene rings is 1. The van der Waals surface area contributed by atoms with Crippen molar-refractivity contribution in [2.45, 2.75) is 13.3 Å². The van der Waals surface area contributed by atoms with Crippen LogP contribution < -0.4 is 4.74 Å². The maximum absolute atomic E-state index is 9.36. The molecular formula is C19H15N3OS2. The van der Waals surface area contributed by atoms with Gasteiger partial charge in [0.2, 0.25) is 0 Å². The maximum Gasteiger partial charge on any atom is 0.195 e. The van der Waals surface area contributed by atoms with Gasteiger partial charge in [0.1, 0.15) is 5.75 Å². The maximum atomic E-state index is 9.36. The van der Waals surface area contributed by atoms with Gasteiger partial charge in [-0.2, -0.15) is 5.26 Å². The van der Waals surface area contributed by atoms with Crippen LogP contribution in [0.15, 0.2) is 41.1 Å². The molecule has 0 N–H and O–H groups in total. The van der Waals surface area contributed by atoms with Crippen LogP contribution in [0.4, 0.5) is 0 Å². The van der Waals surface area contributed by atoms with Crippen LogP contribution in [0, 0.1) is 18.3 Å². The highest BCUT2D eigenvalue weighted by Crippen LogP contribution is 2.35. The van der Waals surface area contributed by atoms with E-state index >= 15 is 0 Å². The van der Waals surface area contributed by atoms with Gasteiger partial charge in [0.25, 0.3) is 0 Å². The monoisotopic (exact) mass is 365 g/mol. The van der Waals surface area contributed by atoms with E-state index in [-0.39, 0.29) is 0 Å². The van der Waals surface area contributed by atoms with E-state index in [1.54, 1.807) is 29.8 Å². The molecule has 0 saturated carbocycles. The van der Waals surface area contributed by atoms with Gasteiger partial charge in [-0.25, -0.2) is 4.98 Å². The second-order valence-electron chi connectivity index (χ2n) is 5.64. The number of aromatic nitrogens is 2. The van der Waals surface area contributed by atoms with Crippen molar-refractivity contribution in [3.05, 3.63) is 52.3 Å². The van der Waals surface area contributed by atoms with E-state index in [4.69, 9.17) is 9.72 Å². The number of thiophene rings is 1. The molecule has 0 bridgehead atoms. The van der Waals surface area contributed by atoms with Crippen LogP contribution >= 0.6 is 22.7 Å². The van der Waals surface area contributed by atoms with Crippen molar-refractivity contribution < 1.29 is 4.74 Å². The summed E-state index contributed by atoms with van der Waals surface area (Å²) in [4.78, 5) is 6.92. The normalized spacial score (nSPS) is 10.9. The quantitative estimate of drug-likeness (QED) is 0.501. The number of fused-ring (bicyclic) bond motifs is 1. The van der Waals surface area contributed by atoms with Crippen molar-refractivity contribution in [3.8, 4) is 33.6 Å². The second-order valence-corrected chi connectivity index (χ2v) is 7.43. The lowest BCUT2D eigenvalue weighted by atomic mass is 10.1. The SMILES string of the molecule is COc1ccc(-c2nc3scc(-c4cccs4)n3c2CC#N)cc1C. The molecule has 4 aromatic rings. The number of aryl methyl sites for hydroxylation is 1. The predicted octanol–water partition coefficient (Wildman–Crippen LogP) is 5.17.